The molecule has 0 unspecified atom stereocenters. The third-order valence-corrected chi connectivity index (χ3v) is 5.39. The Morgan fingerprint density at radius 2 is 1.79 bits per heavy atom. The van der Waals surface area contributed by atoms with E-state index in [0.717, 1.165) is 17.0 Å². The van der Waals surface area contributed by atoms with Crippen molar-refractivity contribution in [3.63, 3.8) is 0 Å². The van der Waals surface area contributed by atoms with Gasteiger partial charge in [0.05, 0.1) is 17.7 Å². The van der Waals surface area contributed by atoms with E-state index < -0.39 is 11.8 Å². The van der Waals surface area contributed by atoms with Crippen LogP contribution in [0.2, 0.25) is 0 Å². The van der Waals surface area contributed by atoms with Gasteiger partial charge in [-0.05, 0) is 30.2 Å². The Balaban J connectivity index is 1.55. The molecule has 0 radical (unpaired) electrons. The lowest BCUT2D eigenvalue weighted by Gasteiger charge is -2.13. The van der Waals surface area contributed by atoms with Crippen molar-refractivity contribution >= 4 is 34.2 Å². The van der Waals surface area contributed by atoms with Gasteiger partial charge in [0.2, 0.25) is 5.13 Å². The topological polar surface area (TPSA) is 92.3 Å². The SMILES string of the molecule is CCc1nnc(NC(=O)c2ccc3c(c2)C(=O)N(Cc2ccccc2)C3=O)s1. The zero-order valence-corrected chi connectivity index (χ0v) is 15.8. The normalized spacial score (nSPS) is 13.0. The number of aryl methyl sites for hydroxylation is 1. The van der Waals surface area contributed by atoms with Crippen LogP contribution >= 0.6 is 11.3 Å². The Labute approximate surface area is 165 Å². The molecule has 1 aliphatic rings. The molecule has 28 heavy (non-hydrogen) atoms. The summed E-state index contributed by atoms with van der Waals surface area (Å²) in [5.74, 6) is -1.15. The maximum atomic E-state index is 12.7. The quantitative estimate of drug-likeness (QED) is 0.674. The molecular formula is C20H16N4O3S. The second kappa shape index (κ2) is 7.32. The van der Waals surface area contributed by atoms with E-state index in [1.165, 1.54) is 34.4 Å². The summed E-state index contributed by atoms with van der Waals surface area (Å²) in [6, 6.07) is 13.8. The molecule has 1 aliphatic heterocycles. The third-order valence-electron chi connectivity index (χ3n) is 4.41. The van der Waals surface area contributed by atoms with E-state index in [-0.39, 0.29) is 23.6 Å². The summed E-state index contributed by atoms with van der Waals surface area (Å²) < 4.78 is 0. The maximum Gasteiger partial charge on any atom is 0.261 e. The van der Waals surface area contributed by atoms with Crippen molar-refractivity contribution in [1.82, 2.24) is 15.1 Å². The highest BCUT2D eigenvalue weighted by Crippen LogP contribution is 2.26. The van der Waals surface area contributed by atoms with E-state index in [0.29, 0.717) is 10.7 Å². The second-order valence-corrected chi connectivity index (χ2v) is 7.31. The van der Waals surface area contributed by atoms with Crippen LogP contribution in [0.25, 0.3) is 0 Å². The Morgan fingerprint density at radius 1 is 1.04 bits per heavy atom. The summed E-state index contributed by atoms with van der Waals surface area (Å²) in [6.07, 6.45) is 0.736. The lowest BCUT2D eigenvalue weighted by atomic mass is 10.1. The van der Waals surface area contributed by atoms with Gasteiger partial charge in [-0.3, -0.25) is 24.6 Å². The van der Waals surface area contributed by atoms with Crippen molar-refractivity contribution in [3.05, 3.63) is 75.8 Å². The second-order valence-electron chi connectivity index (χ2n) is 6.25. The van der Waals surface area contributed by atoms with Crippen LogP contribution in [0, 0.1) is 0 Å². The fourth-order valence-electron chi connectivity index (χ4n) is 2.96. The van der Waals surface area contributed by atoms with E-state index in [1.807, 2.05) is 37.3 Å². The first-order valence-corrected chi connectivity index (χ1v) is 9.56. The molecule has 0 aliphatic carbocycles. The van der Waals surface area contributed by atoms with Crippen LogP contribution < -0.4 is 5.32 Å². The van der Waals surface area contributed by atoms with E-state index >= 15 is 0 Å². The molecular weight excluding hydrogens is 376 g/mol. The van der Waals surface area contributed by atoms with Crippen LogP contribution in [0.1, 0.15) is 48.6 Å². The third kappa shape index (κ3) is 3.29. The average Bonchev–Trinajstić information content (AvgIpc) is 3.27. The van der Waals surface area contributed by atoms with Crippen LogP contribution in [0.3, 0.4) is 0 Å². The molecule has 1 aromatic heterocycles. The minimum absolute atomic E-state index is 0.194. The van der Waals surface area contributed by atoms with Gasteiger partial charge in [0.25, 0.3) is 17.7 Å². The minimum Gasteiger partial charge on any atom is -0.296 e. The van der Waals surface area contributed by atoms with E-state index in [9.17, 15) is 14.4 Å². The van der Waals surface area contributed by atoms with Crippen LogP contribution in [0.4, 0.5) is 5.13 Å². The molecule has 0 saturated heterocycles. The number of fused-ring (bicyclic) bond motifs is 1. The summed E-state index contributed by atoms with van der Waals surface area (Å²) >= 11 is 1.30. The summed E-state index contributed by atoms with van der Waals surface area (Å²) in [7, 11) is 0. The number of benzene rings is 2. The number of hydrogen-bond acceptors (Lipinski definition) is 6. The van der Waals surface area contributed by atoms with Crippen molar-refractivity contribution < 1.29 is 14.4 Å². The van der Waals surface area contributed by atoms with Crippen molar-refractivity contribution in [3.8, 4) is 0 Å². The molecule has 140 valence electrons. The van der Waals surface area contributed by atoms with E-state index in [1.54, 1.807) is 0 Å². The number of carbonyl (C=O) groups excluding carboxylic acids is 3. The fourth-order valence-corrected chi connectivity index (χ4v) is 3.63. The molecule has 2 aromatic carbocycles. The Kier molecular flexibility index (Phi) is 4.70. The molecule has 0 saturated carbocycles. The number of amides is 3. The summed E-state index contributed by atoms with van der Waals surface area (Å²) in [6.45, 7) is 2.15. The van der Waals surface area contributed by atoms with Crippen molar-refractivity contribution in [2.24, 2.45) is 0 Å². The summed E-state index contributed by atoms with van der Waals surface area (Å²) in [5, 5.41) is 11.8. The van der Waals surface area contributed by atoms with Gasteiger partial charge in [-0.1, -0.05) is 48.6 Å². The molecule has 3 aromatic rings. The number of aromatic nitrogens is 2. The maximum absolute atomic E-state index is 12.7. The van der Waals surface area contributed by atoms with Crippen molar-refractivity contribution in [2.45, 2.75) is 19.9 Å². The highest BCUT2D eigenvalue weighted by Gasteiger charge is 2.36. The molecule has 1 N–H and O–H groups in total. The molecule has 0 fully saturated rings. The summed E-state index contributed by atoms with van der Waals surface area (Å²) in [5.41, 5.74) is 1.69. The summed E-state index contributed by atoms with van der Waals surface area (Å²) in [4.78, 5) is 39.0. The first-order chi connectivity index (χ1) is 13.6. The molecule has 2 heterocycles. The van der Waals surface area contributed by atoms with Crippen LogP contribution in [-0.2, 0) is 13.0 Å². The first-order valence-electron chi connectivity index (χ1n) is 8.74. The fraction of sp³-hybridized carbons (Fsp3) is 0.150. The molecule has 3 amide bonds. The monoisotopic (exact) mass is 392 g/mol. The van der Waals surface area contributed by atoms with Gasteiger partial charge in [0, 0.05) is 5.56 Å². The predicted octanol–water partition coefficient (Wildman–Crippen LogP) is 3.15. The molecule has 0 spiro atoms. The zero-order valence-electron chi connectivity index (χ0n) is 15.0. The van der Waals surface area contributed by atoms with Gasteiger partial charge >= 0.3 is 0 Å². The zero-order chi connectivity index (χ0) is 19.7. The van der Waals surface area contributed by atoms with Crippen molar-refractivity contribution in [2.75, 3.05) is 5.32 Å². The smallest absolute Gasteiger partial charge is 0.261 e. The number of hydrogen-bond donors (Lipinski definition) is 1. The molecule has 7 nitrogen and oxygen atoms in total. The van der Waals surface area contributed by atoms with E-state index in [2.05, 4.69) is 15.5 Å². The Morgan fingerprint density at radius 3 is 2.50 bits per heavy atom. The number of nitrogens with one attached hydrogen (secondary N) is 1. The number of imide groups is 1. The Bertz CT molecular complexity index is 1080. The van der Waals surface area contributed by atoms with Gasteiger partial charge in [-0.25, -0.2) is 0 Å². The predicted molar refractivity (Wildman–Crippen MR) is 104 cm³/mol. The standard InChI is InChI=1S/C20H16N4O3S/c1-2-16-22-23-20(28-16)21-17(25)13-8-9-14-15(10-13)19(27)24(18(14)26)11-12-6-4-3-5-7-12/h3-10H,2,11H2,1H3,(H,21,23,25). The molecule has 0 atom stereocenters. The number of carbonyl (C=O) groups is 3. The van der Waals surface area contributed by atoms with Crippen LogP contribution in [0.5, 0.6) is 0 Å². The minimum atomic E-state index is -0.400. The number of rotatable bonds is 5. The van der Waals surface area contributed by atoms with Crippen LogP contribution in [-0.4, -0.2) is 32.8 Å². The largest absolute Gasteiger partial charge is 0.296 e. The molecule has 4 rings (SSSR count). The lowest BCUT2D eigenvalue weighted by molar-refractivity contribution is 0.0642. The number of anilines is 1. The van der Waals surface area contributed by atoms with E-state index in [4.69, 9.17) is 0 Å². The highest BCUT2D eigenvalue weighted by molar-refractivity contribution is 7.15. The van der Waals surface area contributed by atoms with Gasteiger partial charge in [0.15, 0.2) is 0 Å². The van der Waals surface area contributed by atoms with Gasteiger partial charge in [0.1, 0.15) is 5.01 Å². The number of nitrogens with zero attached hydrogens (tertiary/aromatic N) is 3. The van der Waals surface area contributed by atoms with Gasteiger partial charge in [-0.2, -0.15) is 0 Å². The molecule has 0 bridgehead atoms. The van der Waals surface area contributed by atoms with Crippen molar-refractivity contribution in [1.29, 1.82) is 0 Å². The highest BCUT2D eigenvalue weighted by atomic mass is 32.1. The van der Waals surface area contributed by atoms with Gasteiger partial charge in [-0.15, -0.1) is 10.2 Å². The Hall–Kier alpha value is -3.39. The average molecular weight is 392 g/mol. The first kappa shape index (κ1) is 18.0. The lowest BCUT2D eigenvalue weighted by Crippen LogP contribution is -2.29. The van der Waals surface area contributed by atoms with Crippen LogP contribution in [0.15, 0.2) is 48.5 Å². The molecule has 8 heteroatoms. The van der Waals surface area contributed by atoms with Gasteiger partial charge < -0.3 is 0 Å².